The Kier molecular flexibility index (Phi) is 5.17. The van der Waals surface area contributed by atoms with Crippen LogP contribution < -0.4 is 5.32 Å². The van der Waals surface area contributed by atoms with Crippen LogP contribution in [-0.2, 0) is 9.59 Å². The van der Waals surface area contributed by atoms with Gasteiger partial charge in [-0.05, 0) is 18.3 Å². The Balaban J connectivity index is 2.91. The van der Waals surface area contributed by atoms with Gasteiger partial charge in [-0.2, -0.15) is 0 Å². The Morgan fingerprint density at radius 3 is 2.28 bits per heavy atom. The molecule has 4 nitrogen and oxygen atoms in total. The number of amides is 2. The molecule has 3 unspecified atom stereocenters. The van der Waals surface area contributed by atoms with Gasteiger partial charge < -0.3 is 10.2 Å². The van der Waals surface area contributed by atoms with E-state index in [4.69, 9.17) is 0 Å². The minimum absolute atomic E-state index is 0.000830. The molecule has 104 valence electrons. The average Bonchev–Trinajstić information content (AvgIpc) is 2.33. The van der Waals surface area contributed by atoms with Crippen molar-refractivity contribution in [2.24, 2.45) is 11.8 Å². The summed E-state index contributed by atoms with van der Waals surface area (Å²) < 4.78 is 0. The first-order chi connectivity index (χ1) is 8.42. The predicted octanol–water partition coefficient (Wildman–Crippen LogP) is 1.79. The molecule has 0 radical (unpaired) electrons. The molecule has 18 heavy (non-hydrogen) atoms. The Bertz CT molecular complexity index is 315. The zero-order chi connectivity index (χ0) is 13.9. The summed E-state index contributed by atoms with van der Waals surface area (Å²) >= 11 is 0. The number of hydrogen-bond donors (Lipinski definition) is 1. The largest absolute Gasteiger partial charge is 0.342 e. The van der Waals surface area contributed by atoms with Crippen LogP contribution in [0.25, 0.3) is 0 Å². The van der Waals surface area contributed by atoms with Gasteiger partial charge >= 0.3 is 0 Å². The highest BCUT2D eigenvalue weighted by molar-refractivity contribution is 5.97. The van der Waals surface area contributed by atoms with Crippen molar-refractivity contribution in [2.45, 2.75) is 59.5 Å². The third-order valence-electron chi connectivity index (χ3n) is 3.78. The maximum atomic E-state index is 12.4. The van der Waals surface area contributed by atoms with Crippen molar-refractivity contribution < 1.29 is 9.59 Å². The van der Waals surface area contributed by atoms with E-state index < -0.39 is 0 Å². The predicted molar refractivity (Wildman–Crippen MR) is 72.0 cm³/mol. The third kappa shape index (κ3) is 3.03. The summed E-state index contributed by atoms with van der Waals surface area (Å²) in [5.74, 6) is 0.649. The van der Waals surface area contributed by atoms with Gasteiger partial charge in [0.25, 0.3) is 0 Å². The normalized spacial score (nSPS) is 26.4. The van der Waals surface area contributed by atoms with E-state index >= 15 is 0 Å². The SMILES string of the molecule is CCC(C)CN1C(=O)C(C(C)C)NC(=O)C1CC. The fourth-order valence-corrected chi connectivity index (χ4v) is 2.32. The zero-order valence-corrected chi connectivity index (χ0v) is 12.2. The molecule has 3 atom stereocenters. The maximum absolute atomic E-state index is 12.4. The molecule has 1 aliphatic rings. The summed E-state index contributed by atoms with van der Waals surface area (Å²) in [5.41, 5.74) is 0. The van der Waals surface area contributed by atoms with Crippen LogP contribution in [0.3, 0.4) is 0 Å². The summed E-state index contributed by atoms with van der Waals surface area (Å²) in [7, 11) is 0. The van der Waals surface area contributed by atoms with Gasteiger partial charge in [-0.3, -0.25) is 9.59 Å². The Labute approximate surface area is 110 Å². The quantitative estimate of drug-likeness (QED) is 0.813. The molecule has 0 spiro atoms. The second-order valence-electron chi connectivity index (χ2n) is 5.66. The summed E-state index contributed by atoms with van der Waals surface area (Å²) in [5, 5.41) is 2.86. The number of rotatable bonds is 5. The molecule has 0 aliphatic carbocycles. The van der Waals surface area contributed by atoms with Crippen molar-refractivity contribution in [2.75, 3.05) is 6.54 Å². The molecule has 1 saturated heterocycles. The number of carbonyl (C=O) groups is 2. The molecule has 0 aromatic carbocycles. The second-order valence-corrected chi connectivity index (χ2v) is 5.66. The molecular formula is C14H26N2O2. The minimum Gasteiger partial charge on any atom is -0.342 e. The topological polar surface area (TPSA) is 49.4 Å². The molecule has 0 saturated carbocycles. The number of nitrogens with zero attached hydrogens (tertiary/aromatic N) is 1. The van der Waals surface area contributed by atoms with Crippen LogP contribution in [0.4, 0.5) is 0 Å². The summed E-state index contributed by atoms with van der Waals surface area (Å²) in [6.45, 7) is 10.8. The third-order valence-corrected chi connectivity index (χ3v) is 3.78. The Hall–Kier alpha value is -1.06. The molecule has 0 aromatic rings. The van der Waals surface area contributed by atoms with Gasteiger partial charge in [0.05, 0.1) is 0 Å². The molecular weight excluding hydrogens is 228 g/mol. The Morgan fingerprint density at radius 1 is 1.22 bits per heavy atom. The monoisotopic (exact) mass is 254 g/mol. The standard InChI is InChI=1S/C14H26N2O2/c1-6-10(5)8-16-11(7-2)13(17)15-12(9(3)4)14(16)18/h9-12H,6-8H2,1-5H3,(H,15,17). The van der Waals surface area contributed by atoms with Gasteiger partial charge in [0, 0.05) is 6.54 Å². The average molecular weight is 254 g/mol. The van der Waals surface area contributed by atoms with Crippen molar-refractivity contribution in [3.63, 3.8) is 0 Å². The lowest BCUT2D eigenvalue weighted by atomic mass is 9.95. The van der Waals surface area contributed by atoms with Crippen molar-refractivity contribution >= 4 is 11.8 Å². The highest BCUT2D eigenvalue weighted by atomic mass is 16.2. The van der Waals surface area contributed by atoms with Gasteiger partial charge in [0.1, 0.15) is 12.1 Å². The molecule has 0 aromatic heterocycles. The fraction of sp³-hybridized carbons (Fsp3) is 0.857. The molecule has 4 heteroatoms. The van der Waals surface area contributed by atoms with Crippen molar-refractivity contribution in [1.29, 1.82) is 0 Å². The molecule has 0 bridgehead atoms. The smallest absolute Gasteiger partial charge is 0.246 e. The first-order valence-corrected chi connectivity index (χ1v) is 7.03. The minimum atomic E-state index is -0.357. The lowest BCUT2D eigenvalue weighted by Gasteiger charge is -2.41. The highest BCUT2D eigenvalue weighted by Crippen LogP contribution is 2.19. The van der Waals surface area contributed by atoms with Crippen LogP contribution >= 0.6 is 0 Å². The fourth-order valence-electron chi connectivity index (χ4n) is 2.32. The number of piperazine rings is 1. The van der Waals surface area contributed by atoms with E-state index in [1.165, 1.54) is 0 Å². The first-order valence-electron chi connectivity index (χ1n) is 7.03. The van der Waals surface area contributed by atoms with Crippen LogP contribution in [0.2, 0.25) is 0 Å². The van der Waals surface area contributed by atoms with Crippen LogP contribution in [0.1, 0.15) is 47.5 Å². The first kappa shape index (κ1) is 15.0. The summed E-state index contributed by atoms with van der Waals surface area (Å²) in [6.07, 6.45) is 1.70. The number of nitrogens with one attached hydrogen (secondary N) is 1. The summed E-state index contributed by atoms with van der Waals surface area (Å²) in [6, 6.07) is -0.647. The molecule has 2 amide bonds. The van der Waals surface area contributed by atoms with E-state index in [0.29, 0.717) is 18.9 Å². The van der Waals surface area contributed by atoms with E-state index in [1.54, 1.807) is 4.90 Å². The van der Waals surface area contributed by atoms with Crippen LogP contribution in [0, 0.1) is 11.8 Å². The van der Waals surface area contributed by atoms with Gasteiger partial charge in [-0.15, -0.1) is 0 Å². The second kappa shape index (κ2) is 6.21. The van der Waals surface area contributed by atoms with E-state index in [9.17, 15) is 9.59 Å². The van der Waals surface area contributed by atoms with Crippen molar-refractivity contribution in [1.82, 2.24) is 10.2 Å². The Morgan fingerprint density at radius 2 is 1.83 bits per heavy atom. The van der Waals surface area contributed by atoms with Crippen LogP contribution in [0.15, 0.2) is 0 Å². The molecule has 1 aliphatic heterocycles. The van der Waals surface area contributed by atoms with Gasteiger partial charge in [0.2, 0.25) is 11.8 Å². The van der Waals surface area contributed by atoms with Crippen molar-refractivity contribution in [3.05, 3.63) is 0 Å². The van der Waals surface area contributed by atoms with Gasteiger partial charge in [-0.25, -0.2) is 0 Å². The highest BCUT2D eigenvalue weighted by Gasteiger charge is 2.40. The van der Waals surface area contributed by atoms with Crippen molar-refractivity contribution in [3.8, 4) is 0 Å². The van der Waals surface area contributed by atoms with Crippen LogP contribution in [0.5, 0.6) is 0 Å². The van der Waals surface area contributed by atoms with E-state index in [1.807, 2.05) is 20.8 Å². The van der Waals surface area contributed by atoms with Crippen LogP contribution in [-0.4, -0.2) is 35.3 Å². The maximum Gasteiger partial charge on any atom is 0.246 e. The van der Waals surface area contributed by atoms with Gasteiger partial charge in [0.15, 0.2) is 0 Å². The zero-order valence-electron chi connectivity index (χ0n) is 12.2. The molecule has 1 N–H and O–H groups in total. The number of hydrogen-bond acceptors (Lipinski definition) is 2. The van der Waals surface area contributed by atoms with Gasteiger partial charge in [-0.1, -0.05) is 41.0 Å². The lowest BCUT2D eigenvalue weighted by Crippen LogP contribution is -2.65. The van der Waals surface area contributed by atoms with E-state index in [-0.39, 0.29) is 29.8 Å². The lowest BCUT2D eigenvalue weighted by molar-refractivity contribution is -0.151. The molecule has 1 rings (SSSR count). The van der Waals surface area contributed by atoms with E-state index in [0.717, 1.165) is 6.42 Å². The molecule has 1 fully saturated rings. The number of carbonyl (C=O) groups excluding carboxylic acids is 2. The summed E-state index contributed by atoms with van der Waals surface area (Å²) in [4.78, 5) is 26.3. The molecule has 1 heterocycles. The van der Waals surface area contributed by atoms with E-state index in [2.05, 4.69) is 19.2 Å².